The molecule has 5 heteroatoms. The first-order valence-electron chi connectivity index (χ1n) is 5.32. The maximum absolute atomic E-state index is 10.6. The molecule has 0 spiro atoms. The summed E-state index contributed by atoms with van der Waals surface area (Å²) in [6.45, 7) is 6.54. The van der Waals surface area contributed by atoms with Crippen LogP contribution >= 0.6 is 11.8 Å². The molecule has 0 bridgehead atoms. The van der Waals surface area contributed by atoms with E-state index in [4.69, 9.17) is 5.73 Å². The molecule has 3 N–H and O–H groups in total. The maximum atomic E-state index is 10.6. The number of amides is 2. The van der Waals surface area contributed by atoms with Crippen LogP contribution in [0.25, 0.3) is 0 Å². The standard InChI is InChI=1S/C10H19N3OS/c1-4-9-7(3)8(5-6(2)15-9)12-13-10(11)14/h6-7,9H,4-5H2,1-3H3,(H3,11,13,14)/t6-,7-,9+/m0/s1. The van der Waals surface area contributed by atoms with Crippen molar-refractivity contribution in [3.05, 3.63) is 0 Å². The fraction of sp³-hybridized carbons (Fsp3) is 0.800. The van der Waals surface area contributed by atoms with Crippen molar-refractivity contribution in [2.45, 2.75) is 44.1 Å². The first-order chi connectivity index (χ1) is 7.04. The highest BCUT2D eigenvalue weighted by Crippen LogP contribution is 2.35. The van der Waals surface area contributed by atoms with Crippen LogP contribution in [0, 0.1) is 5.92 Å². The maximum Gasteiger partial charge on any atom is 0.332 e. The molecule has 1 saturated heterocycles. The molecule has 1 aliphatic rings. The molecule has 1 fully saturated rings. The number of nitrogens with two attached hydrogens (primary N) is 1. The van der Waals surface area contributed by atoms with Crippen molar-refractivity contribution in [2.75, 3.05) is 0 Å². The van der Waals surface area contributed by atoms with Gasteiger partial charge in [-0.1, -0.05) is 20.8 Å². The van der Waals surface area contributed by atoms with Crippen LogP contribution in [0.1, 0.15) is 33.6 Å². The van der Waals surface area contributed by atoms with Gasteiger partial charge in [-0.15, -0.1) is 0 Å². The molecule has 0 radical (unpaired) electrons. The Morgan fingerprint density at radius 2 is 2.33 bits per heavy atom. The Bertz CT molecular complexity index is 267. The van der Waals surface area contributed by atoms with E-state index in [-0.39, 0.29) is 0 Å². The Hall–Kier alpha value is -0.710. The number of hydrogen-bond acceptors (Lipinski definition) is 3. The number of nitrogens with zero attached hydrogens (tertiary/aromatic N) is 1. The van der Waals surface area contributed by atoms with Crippen molar-refractivity contribution >= 4 is 23.5 Å². The van der Waals surface area contributed by atoms with Gasteiger partial charge in [0.1, 0.15) is 0 Å². The summed E-state index contributed by atoms with van der Waals surface area (Å²) < 4.78 is 0. The summed E-state index contributed by atoms with van der Waals surface area (Å²) in [5.74, 6) is 0.419. The van der Waals surface area contributed by atoms with Crippen LogP contribution in [0.4, 0.5) is 4.79 Å². The lowest BCUT2D eigenvalue weighted by atomic mass is 9.95. The van der Waals surface area contributed by atoms with Gasteiger partial charge in [0.15, 0.2) is 0 Å². The third kappa shape index (κ3) is 3.41. The zero-order chi connectivity index (χ0) is 11.4. The van der Waals surface area contributed by atoms with Gasteiger partial charge in [0.05, 0.1) is 0 Å². The van der Waals surface area contributed by atoms with E-state index in [0.717, 1.165) is 18.6 Å². The predicted octanol–water partition coefficient (Wildman–Crippen LogP) is 1.95. The largest absolute Gasteiger partial charge is 0.350 e. The zero-order valence-electron chi connectivity index (χ0n) is 9.49. The van der Waals surface area contributed by atoms with Gasteiger partial charge in [0.25, 0.3) is 0 Å². The number of hydrogen-bond donors (Lipinski definition) is 2. The lowest BCUT2D eigenvalue weighted by molar-refractivity contribution is 0.249. The number of carbonyl (C=O) groups is 1. The molecule has 0 unspecified atom stereocenters. The zero-order valence-corrected chi connectivity index (χ0v) is 10.3. The number of carbonyl (C=O) groups excluding carboxylic acids is 1. The number of hydrazone groups is 1. The molecule has 15 heavy (non-hydrogen) atoms. The van der Waals surface area contributed by atoms with Crippen LogP contribution in [0.15, 0.2) is 5.10 Å². The van der Waals surface area contributed by atoms with Crippen LogP contribution in [0.2, 0.25) is 0 Å². The molecule has 1 aliphatic heterocycles. The molecule has 2 amide bonds. The molecule has 0 aromatic heterocycles. The first kappa shape index (κ1) is 12.4. The SMILES string of the molecule is CC[C@H]1S[C@@H](C)CC(=NNC(N)=O)[C@@H]1C. The highest BCUT2D eigenvalue weighted by molar-refractivity contribution is 8.00. The van der Waals surface area contributed by atoms with Gasteiger partial charge in [0.2, 0.25) is 0 Å². The number of rotatable bonds is 2. The van der Waals surface area contributed by atoms with Crippen LogP contribution in [0.3, 0.4) is 0 Å². The molecule has 0 aromatic rings. The number of nitrogens with one attached hydrogen (secondary N) is 1. The van der Waals surface area contributed by atoms with E-state index >= 15 is 0 Å². The Labute approximate surface area is 95.1 Å². The highest BCUT2D eigenvalue weighted by atomic mass is 32.2. The molecule has 86 valence electrons. The Morgan fingerprint density at radius 3 is 2.87 bits per heavy atom. The smallest absolute Gasteiger partial charge is 0.332 e. The average Bonchev–Trinajstić information content (AvgIpc) is 2.18. The van der Waals surface area contributed by atoms with E-state index in [1.165, 1.54) is 0 Å². The average molecular weight is 229 g/mol. The molecule has 1 heterocycles. The molecular weight excluding hydrogens is 210 g/mol. The van der Waals surface area contributed by atoms with Crippen molar-refractivity contribution in [1.82, 2.24) is 5.43 Å². The summed E-state index contributed by atoms with van der Waals surface area (Å²) >= 11 is 2.01. The molecule has 0 aliphatic carbocycles. The van der Waals surface area contributed by atoms with Crippen molar-refractivity contribution < 1.29 is 4.79 Å². The Balaban J connectivity index is 2.69. The van der Waals surface area contributed by atoms with Gasteiger partial charge in [-0.3, -0.25) is 0 Å². The first-order valence-corrected chi connectivity index (χ1v) is 6.26. The highest BCUT2D eigenvalue weighted by Gasteiger charge is 2.29. The van der Waals surface area contributed by atoms with Gasteiger partial charge in [-0.2, -0.15) is 16.9 Å². The molecule has 0 saturated carbocycles. The minimum Gasteiger partial charge on any atom is -0.350 e. The Morgan fingerprint density at radius 1 is 1.67 bits per heavy atom. The topological polar surface area (TPSA) is 67.5 Å². The molecule has 4 nitrogen and oxygen atoms in total. The van der Waals surface area contributed by atoms with Gasteiger partial charge in [-0.05, 0) is 12.8 Å². The summed E-state index contributed by atoms with van der Waals surface area (Å²) in [6, 6.07) is -0.589. The summed E-state index contributed by atoms with van der Waals surface area (Å²) in [6.07, 6.45) is 2.06. The van der Waals surface area contributed by atoms with Gasteiger partial charge in [-0.25, -0.2) is 10.2 Å². The summed E-state index contributed by atoms with van der Waals surface area (Å²) in [4.78, 5) is 10.6. The minimum atomic E-state index is -0.589. The number of primary amides is 1. The summed E-state index contributed by atoms with van der Waals surface area (Å²) in [7, 11) is 0. The quantitative estimate of drug-likeness (QED) is 0.711. The van der Waals surface area contributed by atoms with Gasteiger partial charge >= 0.3 is 6.03 Å². The van der Waals surface area contributed by atoms with Crippen LogP contribution in [0.5, 0.6) is 0 Å². The van der Waals surface area contributed by atoms with Crippen LogP contribution in [-0.2, 0) is 0 Å². The predicted molar refractivity (Wildman–Crippen MR) is 65.1 cm³/mol. The third-order valence-electron chi connectivity index (χ3n) is 2.70. The Kier molecular flexibility index (Phi) is 4.45. The number of thioether (sulfide) groups is 1. The van der Waals surface area contributed by atoms with Crippen molar-refractivity contribution in [1.29, 1.82) is 0 Å². The fourth-order valence-electron chi connectivity index (χ4n) is 1.88. The van der Waals surface area contributed by atoms with E-state index in [2.05, 4.69) is 31.3 Å². The summed E-state index contributed by atoms with van der Waals surface area (Å²) in [5, 5.41) is 5.26. The third-order valence-corrected chi connectivity index (χ3v) is 4.42. The van der Waals surface area contributed by atoms with Crippen LogP contribution in [-0.4, -0.2) is 22.2 Å². The second-order valence-corrected chi connectivity index (χ2v) is 5.65. The molecular formula is C10H19N3OS. The second kappa shape index (κ2) is 5.39. The van der Waals surface area contributed by atoms with Crippen LogP contribution < -0.4 is 11.2 Å². The normalized spacial score (nSPS) is 34.1. The van der Waals surface area contributed by atoms with Gasteiger partial charge in [0, 0.05) is 22.1 Å². The van der Waals surface area contributed by atoms with E-state index in [0.29, 0.717) is 16.4 Å². The minimum absolute atomic E-state index is 0.419. The van der Waals surface area contributed by atoms with Gasteiger partial charge < -0.3 is 5.73 Å². The van der Waals surface area contributed by atoms with Crippen molar-refractivity contribution in [2.24, 2.45) is 16.8 Å². The molecule has 0 aromatic carbocycles. The van der Waals surface area contributed by atoms with E-state index in [9.17, 15) is 4.79 Å². The fourth-order valence-corrected chi connectivity index (χ4v) is 3.33. The van der Waals surface area contributed by atoms with E-state index < -0.39 is 6.03 Å². The summed E-state index contributed by atoms with van der Waals surface area (Å²) in [5.41, 5.74) is 8.38. The van der Waals surface area contributed by atoms with Crippen molar-refractivity contribution in [3.8, 4) is 0 Å². The lowest BCUT2D eigenvalue weighted by Crippen LogP contribution is -2.35. The second-order valence-electron chi connectivity index (χ2n) is 3.97. The van der Waals surface area contributed by atoms with E-state index in [1.807, 2.05) is 11.8 Å². The van der Waals surface area contributed by atoms with E-state index in [1.54, 1.807) is 0 Å². The monoisotopic (exact) mass is 229 g/mol. The van der Waals surface area contributed by atoms with Crippen molar-refractivity contribution in [3.63, 3.8) is 0 Å². The molecule has 1 rings (SSSR count). The number of urea groups is 1. The lowest BCUT2D eigenvalue weighted by Gasteiger charge is -2.32. The molecule has 3 atom stereocenters.